The first-order valence-electron chi connectivity index (χ1n) is 7.18. The second-order valence-corrected chi connectivity index (χ2v) is 6.98. The Morgan fingerprint density at radius 2 is 2.21 bits per heavy atom. The number of halogens is 1. The molecule has 1 atom stereocenters. The highest BCUT2D eigenvalue weighted by Gasteiger charge is 2.21. The predicted molar refractivity (Wildman–Crippen MR) is 99.0 cm³/mol. The average Bonchev–Trinajstić information content (AvgIpc) is 2.91. The van der Waals surface area contributed by atoms with Gasteiger partial charge in [-0.05, 0) is 12.8 Å². The lowest BCUT2D eigenvalue weighted by Gasteiger charge is -2.12. The summed E-state index contributed by atoms with van der Waals surface area (Å²) in [7, 11) is 0. The van der Waals surface area contributed by atoms with Gasteiger partial charge >= 0.3 is 0 Å². The van der Waals surface area contributed by atoms with Crippen molar-refractivity contribution in [1.82, 2.24) is 20.2 Å². The Balaban J connectivity index is 0.00000288. The minimum absolute atomic E-state index is 0. The summed E-state index contributed by atoms with van der Waals surface area (Å²) in [4.78, 5) is 30.3. The van der Waals surface area contributed by atoms with E-state index in [0.29, 0.717) is 16.7 Å². The average molecular weight is 391 g/mol. The van der Waals surface area contributed by atoms with Gasteiger partial charge in [0.25, 0.3) is 5.56 Å². The number of carbonyl (C=O) groups is 1. The highest BCUT2D eigenvalue weighted by Crippen LogP contribution is 2.24. The number of anilines is 2. The van der Waals surface area contributed by atoms with Gasteiger partial charge in [-0.1, -0.05) is 36.9 Å². The minimum atomic E-state index is -0.418. The van der Waals surface area contributed by atoms with Crippen LogP contribution in [0.5, 0.6) is 0 Å². The van der Waals surface area contributed by atoms with Crippen molar-refractivity contribution in [3.05, 3.63) is 21.4 Å². The molecule has 2 aromatic heterocycles. The standard InChI is InChI=1S/C13H18N6O2S2.ClH/c1-3-5-10-18-19-13(23-10)17-11(21)7(4-2)22-12-15-8(14)6-9(20)16-12;/h6-7H,3-5H2,1-2H3,(H,17,19,21)(H3,14,15,16,20);1H. The monoisotopic (exact) mass is 390 g/mol. The van der Waals surface area contributed by atoms with Gasteiger partial charge in [0.2, 0.25) is 11.0 Å². The molecule has 0 aliphatic rings. The Bertz CT molecular complexity index is 735. The third-order valence-corrected chi connectivity index (χ3v) is 4.96. The summed E-state index contributed by atoms with van der Waals surface area (Å²) in [5.41, 5.74) is 5.20. The molecule has 0 bridgehead atoms. The topological polar surface area (TPSA) is 127 Å². The maximum atomic E-state index is 12.3. The summed E-state index contributed by atoms with van der Waals surface area (Å²) < 4.78 is 0. The lowest BCUT2D eigenvalue weighted by atomic mass is 10.3. The SMILES string of the molecule is CCCc1nnc(NC(=O)C(CC)Sc2nc(N)cc(=O)[nH]2)s1.Cl. The molecule has 0 saturated heterocycles. The van der Waals surface area contributed by atoms with Crippen molar-refractivity contribution in [1.29, 1.82) is 0 Å². The van der Waals surface area contributed by atoms with Crippen molar-refractivity contribution in [2.45, 2.75) is 43.5 Å². The number of amides is 1. The van der Waals surface area contributed by atoms with Gasteiger partial charge in [0.15, 0.2) is 5.16 Å². The number of nitrogen functional groups attached to an aromatic ring is 1. The molecular formula is C13H19ClN6O2S2. The van der Waals surface area contributed by atoms with Crippen molar-refractivity contribution in [2.75, 3.05) is 11.1 Å². The molecule has 4 N–H and O–H groups in total. The molecule has 0 radical (unpaired) electrons. The fourth-order valence-electron chi connectivity index (χ4n) is 1.77. The van der Waals surface area contributed by atoms with Crippen LogP contribution in [0, 0.1) is 0 Å². The van der Waals surface area contributed by atoms with Crippen LogP contribution in [0.15, 0.2) is 16.0 Å². The van der Waals surface area contributed by atoms with Crippen LogP contribution < -0.4 is 16.6 Å². The maximum Gasteiger partial charge on any atom is 0.253 e. The van der Waals surface area contributed by atoms with Crippen LogP contribution in [-0.2, 0) is 11.2 Å². The Hall–Kier alpha value is -1.65. The summed E-state index contributed by atoms with van der Waals surface area (Å²) in [6, 6.07) is 1.20. The largest absolute Gasteiger partial charge is 0.383 e. The molecule has 8 nitrogen and oxygen atoms in total. The number of nitrogens with two attached hydrogens (primary N) is 1. The third-order valence-electron chi connectivity index (χ3n) is 2.82. The van der Waals surface area contributed by atoms with E-state index in [1.807, 2.05) is 6.92 Å². The van der Waals surface area contributed by atoms with Crippen LogP contribution in [0.3, 0.4) is 0 Å². The first-order valence-corrected chi connectivity index (χ1v) is 8.88. The molecular weight excluding hydrogens is 372 g/mol. The molecule has 2 rings (SSSR count). The van der Waals surface area contributed by atoms with Crippen LogP contribution in [0.4, 0.5) is 10.9 Å². The molecule has 0 fully saturated rings. The number of hydrogen-bond donors (Lipinski definition) is 3. The molecule has 0 aliphatic heterocycles. The van der Waals surface area contributed by atoms with Gasteiger partial charge < -0.3 is 10.7 Å². The van der Waals surface area contributed by atoms with E-state index < -0.39 is 5.25 Å². The number of aryl methyl sites for hydroxylation is 1. The number of nitrogens with one attached hydrogen (secondary N) is 2. The lowest BCUT2D eigenvalue weighted by molar-refractivity contribution is -0.115. The van der Waals surface area contributed by atoms with Gasteiger partial charge in [0.05, 0.1) is 5.25 Å². The maximum absolute atomic E-state index is 12.3. The van der Waals surface area contributed by atoms with E-state index >= 15 is 0 Å². The molecule has 0 saturated carbocycles. The van der Waals surface area contributed by atoms with Gasteiger partial charge in [-0.25, -0.2) is 4.98 Å². The summed E-state index contributed by atoms with van der Waals surface area (Å²) in [6.07, 6.45) is 2.38. The van der Waals surface area contributed by atoms with Crippen LogP contribution in [0.1, 0.15) is 31.7 Å². The van der Waals surface area contributed by atoms with Crippen molar-refractivity contribution in [3.8, 4) is 0 Å². The summed E-state index contributed by atoms with van der Waals surface area (Å²) >= 11 is 2.53. The number of rotatable bonds is 7. The second-order valence-electron chi connectivity index (χ2n) is 4.73. The smallest absolute Gasteiger partial charge is 0.253 e. The van der Waals surface area contributed by atoms with E-state index in [9.17, 15) is 9.59 Å². The Morgan fingerprint density at radius 1 is 1.46 bits per heavy atom. The molecule has 0 aliphatic carbocycles. The number of thioether (sulfide) groups is 1. The van der Waals surface area contributed by atoms with Gasteiger partial charge in [0.1, 0.15) is 10.8 Å². The van der Waals surface area contributed by atoms with Crippen LogP contribution in [-0.4, -0.2) is 31.3 Å². The molecule has 24 heavy (non-hydrogen) atoms. The zero-order valence-electron chi connectivity index (χ0n) is 13.2. The number of aromatic amines is 1. The highest BCUT2D eigenvalue weighted by molar-refractivity contribution is 8.00. The number of aromatic nitrogens is 4. The first-order chi connectivity index (χ1) is 11.0. The molecule has 0 spiro atoms. The predicted octanol–water partition coefficient (Wildman–Crippen LogP) is 2.09. The lowest BCUT2D eigenvalue weighted by Crippen LogP contribution is -2.25. The fourth-order valence-corrected chi connectivity index (χ4v) is 3.54. The van der Waals surface area contributed by atoms with E-state index in [4.69, 9.17) is 5.73 Å². The number of carbonyl (C=O) groups excluding carboxylic acids is 1. The van der Waals surface area contributed by atoms with E-state index in [1.54, 1.807) is 0 Å². The Labute approximate surface area is 153 Å². The van der Waals surface area contributed by atoms with Crippen LogP contribution in [0.25, 0.3) is 0 Å². The van der Waals surface area contributed by atoms with Crippen molar-refractivity contribution < 1.29 is 4.79 Å². The first kappa shape index (κ1) is 20.4. The molecule has 2 heterocycles. The van der Waals surface area contributed by atoms with Gasteiger partial charge in [-0.15, -0.1) is 22.6 Å². The zero-order valence-corrected chi connectivity index (χ0v) is 15.7. The van der Waals surface area contributed by atoms with E-state index in [-0.39, 0.29) is 29.7 Å². The highest BCUT2D eigenvalue weighted by atomic mass is 35.5. The van der Waals surface area contributed by atoms with Crippen molar-refractivity contribution >= 4 is 52.4 Å². The van der Waals surface area contributed by atoms with Gasteiger partial charge in [-0.2, -0.15) is 0 Å². The molecule has 132 valence electrons. The molecule has 1 unspecified atom stereocenters. The molecule has 2 aromatic rings. The summed E-state index contributed by atoms with van der Waals surface area (Å²) in [6.45, 7) is 3.94. The molecule has 0 aromatic carbocycles. The van der Waals surface area contributed by atoms with Gasteiger partial charge in [0, 0.05) is 12.5 Å². The Kier molecular flexibility index (Phi) is 8.16. The normalized spacial score (nSPS) is 11.6. The molecule has 11 heteroatoms. The molecule has 1 amide bonds. The number of nitrogens with zero attached hydrogens (tertiary/aromatic N) is 3. The third kappa shape index (κ3) is 5.77. The Morgan fingerprint density at radius 3 is 2.83 bits per heavy atom. The number of H-pyrrole nitrogens is 1. The zero-order chi connectivity index (χ0) is 16.8. The van der Waals surface area contributed by atoms with Crippen molar-refractivity contribution in [3.63, 3.8) is 0 Å². The fraction of sp³-hybridized carbons (Fsp3) is 0.462. The summed E-state index contributed by atoms with van der Waals surface area (Å²) in [5, 5.41) is 12.0. The minimum Gasteiger partial charge on any atom is -0.383 e. The van der Waals surface area contributed by atoms with E-state index in [0.717, 1.165) is 29.6 Å². The van der Waals surface area contributed by atoms with Crippen LogP contribution in [0.2, 0.25) is 0 Å². The van der Waals surface area contributed by atoms with E-state index in [2.05, 4.69) is 32.4 Å². The van der Waals surface area contributed by atoms with Crippen molar-refractivity contribution in [2.24, 2.45) is 0 Å². The van der Waals surface area contributed by atoms with Crippen LogP contribution >= 0.6 is 35.5 Å². The quantitative estimate of drug-likeness (QED) is 0.487. The second kappa shape index (κ2) is 9.60. The summed E-state index contributed by atoms with van der Waals surface area (Å²) in [5.74, 6) is -0.0818. The van der Waals surface area contributed by atoms with E-state index in [1.165, 1.54) is 17.4 Å². The van der Waals surface area contributed by atoms with Gasteiger partial charge in [-0.3, -0.25) is 14.9 Å². The number of hydrogen-bond acceptors (Lipinski definition) is 8.